The van der Waals surface area contributed by atoms with E-state index in [4.69, 9.17) is 0 Å². The van der Waals surface area contributed by atoms with Crippen molar-refractivity contribution in [2.45, 2.75) is 32.0 Å². The third kappa shape index (κ3) is 4.91. The van der Waals surface area contributed by atoms with Crippen molar-refractivity contribution in [1.29, 1.82) is 0 Å². The standard InChI is InChI=1S/C21H26FN5O4/c1-25(2)12-16(28)26(3)15-5-4-10-27-19(15)24-17(18(29)21(27)31)20(30)23-11-13-6-8-14(22)9-7-13/h6-9,15,29H,4-5,10-12H2,1-3H3,(H,23,30). The van der Waals surface area contributed by atoms with Gasteiger partial charge in [0.05, 0.1) is 12.6 Å². The molecule has 0 saturated heterocycles. The van der Waals surface area contributed by atoms with E-state index in [1.54, 1.807) is 26.0 Å². The zero-order valence-electron chi connectivity index (χ0n) is 17.8. The number of fused-ring (bicyclic) bond motifs is 1. The Bertz CT molecular complexity index is 1040. The smallest absolute Gasteiger partial charge is 0.296 e. The van der Waals surface area contributed by atoms with Crippen LogP contribution in [0.2, 0.25) is 0 Å². The Morgan fingerprint density at radius 3 is 2.58 bits per heavy atom. The van der Waals surface area contributed by atoms with Gasteiger partial charge in [-0.1, -0.05) is 12.1 Å². The van der Waals surface area contributed by atoms with Crippen molar-refractivity contribution in [1.82, 2.24) is 24.7 Å². The van der Waals surface area contributed by atoms with E-state index in [9.17, 15) is 23.9 Å². The van der Waals surface area contributed by atoms with Crippen LogP contribution < -0.4 is 10.9 Å². The lowest BCUT2D eigenvalue weighted by atomic mass is 10.0. The van der Waals surface area contributed by atoms with Gasteiger partial charge in [-0.25, -0.2) is 9.37 Å². The molecule has 2 heterocycles. The molecule has 10 heteroatoms. The molecule has 1 aromatic heterocycles. The number of aromatic hydroxyl groups is 1. The Labute approximate surface area is 179 Å². The average molecular weight is 431 g/mol. The molecule has 1 unspecified atom stereocenters. The molecule has 1 aliphatic rings. The normalized spacial score (nSPS) is 15.5. The van der Waals surface area contributed by atoms with E-state index in [-0.39, 0.29) is 24.8 Å². The molecule has 2 amide bonds. The molecule has 9 nitrogen and oxygen atoms in total. The number of nitrogens with one attached hydrogen (secondary N) is 1. The number of rotatable bonds is 6. The third-order valence-corrected chi connectivity index (χ3v) is 5.23. The van der Waals surface area contributed by atoms with E-state index in [0.717, 1.165) is 0 Å². The molecule has 3 rings (SSSR count). The molecule has 0 bridgehead atoms. The first-order valence-electron chi connectivity index (χ1n) is 9.95. The van der Waals surface area contributed by atoms with Crippen LogP contribution >= 0.6 is 0 Å². The summed E-state index contributed by atoms with van der Waals surface area (Å²) in [5.41, 5.74) is -0.454. The van der Waals surface area contributed by atoms with Crippen LogP contribution in [0.4, 0.5) is 4.39 Å². The van der Waals surface area contributed by atoms with Gasteiger partial charge in [-0.05, 0) is 44.6 Å². The number of aromatic nitrogens is 2. The lowest BCUT2D eigenvalue weighted by Gasteiger charge is -2.33. The Balaban J connectivity index is 1.88. The highest BCUT2D eigenvalue weighted by Crippen LogP contribution is 2.29. The van der Waals surface area contributed by atoms with Gasteiger partial charge in [0.2, 0.25) is 11.7 Å². The maximum Gasteiger partial charge on any atom is 0.296 e. The van der Waals surface area contributed by atoms with Gasteiger partial charge >= 0.3 is 0 Å². The molecule has 0 fully saturated rings. The Kier molecular flexibility index (Phi) is 6.69. The van der Waals surface area contributed by atoms with Crippen molar-refractivity contribution in [3.8, 4) is 5.75 Å². The van der Waals surface area contributed by atoms with Crippen LogP contribution in [0, 0.1) is 5.82 Å². The molecule has 0 spiro atoms. The average Bonchev–Trinajstić information content (AvgIpc) is 2.74. The zero-order chi connectivity index (χ0) is 22.7. The van der Waals surface area contributed by atoms with Crippen molar-refractivity contribution in [2.75, 3.05) is 27.7 Å². The highest BCUT2D eigenvalue weighted by Gasteiger charge is 2.32. The van der Waals surface area contributed by atoms with E-state index < -0.39 is 34.8 Å². The highest BCUT2D eigenvalue weighted by atomic mass is 19.1. The van der Waals surface area contributed by atoms with Crippen LogP contribution in [0.15, 0.2) is 29.1 Å². The van der Waals surface area contributed by atoms with Gasteiger partial charge in [-0.3, -0.25) is 19.0 Å². The van der Waals surface area contributed by atoms with Crippen LogP contribution in [0.25, 0.3) is 0 Å². The molecule has 0 saturated carbocycles. The van der Waals surface area contributed by atoms with Crippen molar-refractivity contribution in [3.63, 3.8) is 0 Å². The van der Waals surface area contributed by atoms with Gasteiger partial charge in [0, 0.05) is 20.1 Å². The van der Waals surface area contributed by atoms with E-state index in [1.165, 1.54) is 33.7 Å². The minimum absolute atomic E-state index is 0.0727. The first-order valence-corrected chi connectivity index (χ1v) is 9.95. The van der Waals surface area contributed by atoms with E-state index in [1.807, 2.05) is 0 Å². The largest absolute Gasteiger partial charge is 0.501 e. The van der Waals surface area contributed by atoms with Crippen molar-refractivity contribution < 1.29 is 19.1 Å². The number of halogens is 1. The number of nitrogens with zero attached hydrogens (tertiary/aromatic N) is 4. The van der Waals surface area contributed by atoms with Crippen LogP contribution in [-0.4, -0.2) is 64.0 Å². The summed E-state index contributed by atoms with van der Waals surface area (Å²) in [5, 5.41) is 12.9. The van der Waals surface area contributed by atoms with Crippen molar-refractivity contribution in [2.24, 2.45) is 0 Å². The van der Waals surface area contributed by atoms with Crippen LogP contribution in [0.1, 0.15) is 40.8 Å². The Morgan fingerprint density at radius 1 is 1.26 bits per heavy atom. The van der Waals surface area contributed by atoms with Gasteiger partial charge in [0.1, 0.15) is 11.6 Å². The maximum absolute atomic E-state index is 13.0. The molecule has 0 aliphatic carbocycles. The SMILES string of the molecule is CN(C)CC(=O)N(C)C1CCCn2c1nc(C(=O)NCc1ccc(F)cc1)c(O)c2=O. The minimum atomic E-state index is -0.733. The number of carbonyl (C=O) groups excluding carboxylic acids is 2. The Morgan fingerprint density at radius 2 is 1.94 bits per heavy atom. The predicted octanol–water partition coefficient (Wildman–Crippen LogP) is 0.873. The fourth-order valence-electron chi connectivity index (χ4n) is 3.55. The number of benzene rings is 1. The second kappa shape index (κ2) is 9.25. The summed E-state index contributed by atoms with van der Waals surface area (Å²) in [5.74, 6) is -1.73. The first kappa shape index (κ1) is 22.4. The summed E-state index contributed by atoms with van der Waals surface area (Å²) < 4.78 is 14.4. The number of likely N-dealkylation sites (N-methyl/N-ethyl adjacent to an activating group) is 2. The lowest BCUT2D eigenvalue weighted by Crippen LogP contribution is -2.43. The number of hydrogen-bond acceptors (Lipinski definition) is 6. The highest BCUT2D eigenvalue weighted by molar-refractivity contribution is 5.94. The second-order valence-corrected chi connectivity index (χ2v) is 7.83. The summed E-state index contributed by atoms with van der Waals surface area (Å²) >= 11 is 0. The van der Waals surface area contributed by atoms with Gasteiger partial charge in [-0.15, -0.1) is 0 Å². The Hall–Kier alpha value is -3.27. The maximum atomic E-state index is 13.0. The molecule has 2 N–H and O–H groups in total. The van der Waals surface area contributed by atoms with Gasteiger partial charge in [-0.2, -0.15) is 0 Å². The molecular formula is C21H26FN5O4. The van der Waals surface area contributed by atoms with Gasteiger partial charge in [0.25, 0.3) is 11.5 Å². The van der Waals surface area contributed by atoms with Crippen molar-refractivity contribution >= 4 is 11.8 Å². The zero-order valence-corrected chi connectivity index (χ0v) is 17.8. The van der Waals surface area contributed by atoms with E-state index in [2.05, 4.69) is 10.3 Å². The first-order chi connectivity index (χ1) is 14.7. The summed E-state index contributed by atoms with van der Waals surface area (Å²) in [6.07, 6.45) is 1.22. The molecule has 1 aromatic carbocycles. The summed E-state index contributed by atoms with van der Waals surface area (Å²) in [4.78, 5) is 45.5. The summed E-state index contributed by atoms with van der Waals surface area (Å²) in [6, 6.07) is 5.09. The summed E-state index contributed by atoms with van der Waals surface area (Å²) in [7, 11) is 5.20. The molecular weight excluding hydrogens is 405 g/mol. The minimum Gasteiger partial charge on any atom is -0.501 e. The quantitative estimate of drug-likeness (QED) is 0.703. The number of amides is 2. The molecule has 31 heavy (non-hydrogen) atoms. The molecule has 1 atom stereocenters. The molecule has 0 radical (unpaired) electrons. The van der Waals surface area contributed by atoms with Crippen LogP contribution in [-0.2, 0) is 17.9 Å². The summed E-state index contributed by atoms with van der Waals surface area (Å²) in [6.45, 7) is 0.613. The second-order valence-electron chi connectivity index (χ2n) is 7.83. The van der Waals surface area contributed by atoms with Crippen LogP contribution in [0.3, 0.4) is 0 Å². The number of carbonyl (C=O) groups is 2. The van der Waals surface area contributed by atoms with Gasteiger partial charge < -0.3 is 20.2 Å². The van der Waals surface area contributed by atoms with Crippen molar-refractivity contribution in [3.05, 3.63) is 57.5 Å². The van der Waals surface area contributed by atoms with Gasteiger partial charge in [0.15, 0.2) is 5.69 Å². The monoisotopic (exact) mass is 431 g/mol. The van der Waals surface area contributed by atoms with E-state index in [0.29, 0.717) is 24.9 Å². The van der Waals surface area contributed by atoms with E-state index >= 15 is 0 Å². The molecule has 2 aromatic rings. The lowest BCUT2D eigenvalue weighted by molar-refractivity contribution is -0.133. The molecule has 1 aliphatic heterocycles. The fraction of sp³-hybridized carbons (Fsp3) is 0.429. The third-order valence-electron chi connectivity index (χ3n) is 5.23. The molecule has 166 valence electrons. The topological polar surface area (TPSA) is 108 Å². The number of hydrogen-bond donors (Lipinski definition) is 2. The van der Waals surface area contributed by atoms with Crippen LogP contribution in [0.5, 0.6) is 5.75 Å². The fourth-order valence-corrected chi connectivity index (χ4v) is 3.55. The predicted molar refractivity (Wildman–Crippen MR) is 111 cm³/mol.